The van der Waals surface area contributed by atoms with Gasteiger partial charge in [0.15, 0.2) is 5.78 Å². The van der Waals surface area contributed by atoms with Crippen LogP contribution in [0.1, 0.15) is 19.8 Å². The molecule has 0 spiro atoms. The number of rotatable bonds is 1. The zero-order chi connectivity index (χ0) is 7.56. The monoisotopic (exact) mass is 134 g/mol. The summed E-state index contributed by atoms with van der Waals surface area (Å²) in [5.41, 5.74) is 0.829. The second-order valence-corrected chi connectivity index (χ2v) is 2.68. The molecule has 0 radical (unpaired) electrons. The van der Waals surface area contributed by atoms with Crippen LogP contribution in [0.15, 0.2) is 11.6 Å². The predicted molar refractivity (Wildman–Crippen MR) is 40.3 cm³/mol. The molecule has 0 aromatic heterocycles. The summed E-state index contributed by atoms with van der Waals surface area (Å²) in [6.45, 7) is 2.03. The largest absolute Gasteiger partial charge is 0.295 e. The van der Waals surface area contributed by atoms with Crippen LogP contribution < -0.4 is 0 Å². The smallest absolute Gasteiger partial charge is 0.160 e. The Bertz CT molecular complexity index is 217. The summed E-state index contributed by atoms with van der Waals surface area (Å²) in [6, 6.07) is 0. The average Bonchev–Trinajstić information content (AvgIpc) is 2.13. The van der Waals surface area contributed by atoms with Crippen molar-refractivity contribution in [3.63, 3.8) is 0 Å². The standard InChI is InChI=1S/C9H10O/c1-3-4-8-5-7(2)6-9(8)10/h1,5,7H,4,6H2,2H3. The van der Waals surface area contributed by atoms with Crippen molar-refractivity contribution in [3.05, 3.63) is 11.6 Å². The average molecular weight is 134 g/mol. The SMILES string of the molecule is C#CCC1=CC(C)CC1=O. The summed E-state index contributed by atoms with van der Waals surface area (Å²) in [4.78, 5) is 11.0. The topological polar surface area (TPSA) is 17.1 Å². The molecule has 0 amide bonds. The van der Waals surface area contributed by atoms with Crippen LogP contribution in [-0.2, 0) is 4.79 Å². The van der Waals surface area contributed by atoms with E-state index in [0.29, 0.717) is 18.8 Å². The zero-order valence-electron chi connectivity index (χ0n) is 6.05. The summed E-state index contributed by atoms with van der Waals surface area (Å²) in [7, 11) is 0. The molecule has 52 valence electrons. The molecular formula is C9H10O. The zero-order valence-corrected chi connectivity index (χ0v) is 6.05. The fourth-order valence-corrected chi connectivity index (χ4v) is 1.19. The van der Waals surface area contributed by atoms with Crippen molar-refractivity contribution in [2.45, 2.75) is 19.8 Å². The van der Waals surface area contributed by atoms with Gasteiger partial charge in [-0.25, -0.2) is 0 Å². The van der Waals surface area contributed by atoms with E-state index in [2.05, 4.69) is 5.92 Å². The van der Waals surface area contributed by atoms with Crippen molar-refractivity contribution >= 4 is 5.78 Å². The summed E-state index contributed by atoms with van der Waals surface area (Å²) in [5, 5.41) is 0. The van der Waals surface area contributed by atoms with Crippen LogP contribution in [0.25, 0.3) is 0 Å². The van der Waals surface area contributed by atoms with Gasteiger partial charge in [-0.05, 0) is 5.92 Å². The van der Waals surface area contributed by atoms with Crippen LogP contribution >= 0.6 is 0 Å². The molecule has 0 aliphatic heterocycles. The molecule has 1 atom stereocenters. The maximum atomic E-state index is 11.0. The molecule has 1 heteroatoms. The van der Waals surface area contributed by atoms with Crippen molar-refractivity contribution in [1.82, 2.24) is 0 Å². The van der Waals surface area contributed by atoms with E-state index in [9.17, 15) is 4.79 Å². The highest BCUT2D eigenvalue weighted by molar-refractivity contribution is 5.98. The van der Waals surface area contributed by atoms with Crippen LogP contribution in [0.4, 0.5) is 0 Å². The number of carbonyl (C=O) groups is 1. The minimum Gasteiger partial charge on any atom is -0.295 e. The summed E-state index contributed by atoms with van der Waals surface area (Å²) >= 11 is 0. The minimum absolute atomic E-state index is 0.227. The molecule has 0 fully saturated rings. The predicted octanol–water partition coefficient (Wildman–Crippen LogP) is 1.54. The Labute approximate surface area is 61.1 Å². The van der Waals surface area contributed by atoms with Crippen molar-refractivity contribution < 1.29 is 4.79 Å². The summed E-state index contributed by atoms with van der Waals surface area (Å²) in [6.07, 6.45) is 8.20. The normalized spacial score (nSPS) is 24.2. The van der Waals surface area contributed by atoms with Crippen LogP contribution in [0.2, 0.25) is 0 Å². The molecular weight excluding hydrogens is 124 g/mol. The van der Waals surface area contributed by atoms with E-state index >= 15 is 0 Å². The van der Waals surface area contributed by atoms with Crippen molar-refractivity contribution in [2.75, 3.05) is 0 Å². The van der Waals surface area contributed by atoms with Crippen LogP contribution in [0, 0.1) is 18.3 Å². The Morgan fingerprint density at radius 2 is 2.60 bits per heavy atom. The van der Waals surface area contributed by atoms with Gasteiger partial charge in [0.1, 0.15) is 0 Å². The van der Waals surface area contributed by atoms with E-state index in [1.165, 1.54) is 0 Å². The molecule has 1 aliphatic rings. The molecule has 1 unspecified atom stereocenters. The third-order valence-corrected chi connectivity index (χ3v) is 1.64. The van der Waals surface area contributed by atoms with Crippen molar-refractivity contribution in [2.24, 2.45) is 5.92 Å². The minimum atomic E-state index is 0.227. The van der Waals surface area contributed by atoms with Gasteiger partial charge in [0.25, 0.3) is 0 Å². The van der Waals surface area contributed by atoms with Gasteiger partial charge < -0.3 is 0 Å². The van der Waals surface area contributed by atoms with Crippen molar-refractivity contribution in [3.8, 4) is 12.3 Å². The second kappa shape index (κ2) is 2.70. The number of hydrogen-bond acceptors (Lipinski definition) is 1. The molecule has 0 saturated carbocycles. The first-order valence-corrected chi connectivity index (χ1v) is 3.41. The number of ketones is 1. The number of hydrogen-bond donors (Lipinski definition) is 0. The quantitative estimate of drug-likeness (QED) is 0.497. The van der Waals surface area contributed by atoms with Crippen LogP contribution in [-0.4, -0.2) is 5.78 Å². The maximum Gasteiger partial charge on any atom is 0.160 e. The number of allylic oxidation sites excluding steroid dienone is 2. The van der Waals surface area contributed by atoms with E-state index in [1.54, 1.807) is 0 Å². The highest BCUT2D eigenvalue weighted by atomic mass is 16.1. The molecule has 0 aromatic carbocycles. The van der Waals surface area contributed by atoms with E-state index in [-0.39, 0.29) is 5.78 Å². The molecule has 0 aromatic rings. The first kappa shape index (κ1) is 7.08. The lowest BCUT2D eigenvalue weighted by Crippen LogP contribution is -1.95. The summed E-state index contributed by atoms with van der Waals surface area (Å²) < 4.78 is 0. The van der Waals surface area contributed by atoms with Gasteiger partial charge in [0.2, 0.25) is 0 Å². The van der Waals surface area contributed by atoms with E-state index in [4.69, 9.17) is 6.42 Å². The molecule has 1 nitrogen and oxygen atoms in total. The van der Waals surface area contributed by atoms with Crippen LogP contribution in [0.5, 0.6) is 0 Å². The third kappa shape index (κ3) is 1.27. The maximum absolute atomic E-state index is 11.0. The molecule has 0 saturated heterocycles. The lowest BCUT2D eigenvalue weighted by Gasteiger charge is -1.89. The fraction of sp³-hybridized carbons (Fsp3) is 0.444. The van der Waals surface area contributed by atoms with Gasteiger partial charge in [-0.15, -0.1) is 12.3 Å². The lowest BCUT2D eigenvalue weighted by atomic mass is 10.1. The molecule has 0 bridgehead atoms. The fourth-order valence-electron chi connectivity index (χ4n) is 1.19. The van der Waals surface area contributed by atoms with Crippen LogP contribution in [0.3, 0.4) is 0 Å². The summed E-state index contributed by atoms with van der Waals surface area (Å²) in [5.74, 6) is 3.10. The number of carbonyl (C=O) groups excluding carboxylic acids is 1. The van der Waals surface area contributed by atoms with E-state index < -0.39 is 0 Å². The van der Waals surface area contributed by atoms with Gasteiger partial charge in [-0.3, -0.25) is 4.79 Å². The number of Topliss-reactive ketones (excluding diaryl/α,β-unsaturated/α-hetero) is 1. The van der Waals surface area contributed by atoms with Gasteiger partial charge in [-0.1, -0.05) is 13.0 Å². The Hall–Kier alpha value is -1.03. The molecule has 1 aliphatic carbocycles. The molecule has 10 heavy (non-hydrogen) atoms. The Balaban J connectivity index is 2.68. The number of terminal acetylenes is 1. The van der Waals surface area contributed by atoms with Gasteiger partial charge in [-0.2, -0.15) is 0 Å². The lowest BCUT2D eigenvalue weighted by molar-refractivity contribution is -0.115. The Morgan fingerprint density at radius 3 is 3.00 bits per heavy atom. The van der Waals surface area contributed by atoms with Gasteiger partial charge >= 0.3 is 0 Å². The highest BCUT2D eigenvalue weighted by Gasteiger charge is 2.19. The Kier molecular flexibility index (Phi) is 1.91. The molecule has 0 N–H and O–H groups in total. The van der Waals surface area contributed by atoms with Crippen molar-refractivity contribution in [1.29, 1.82) is 0 Å². The first-order chi connectivity index (χ1) is 4.74. The molecule has 1 rings (SSSR count). The van der Waals surface area contributed by atoms with E-state index in [0.717, 1.165) is 5.57 Å². The first-order valence-electron chi connectivity index (χ1n) is 3.41. The Morgan fingerprint density at radius 1 is 1.90 bits per heavy atom. The van der Waals surface area contributed by atoms with Gasteiger partial charge in [0, 0.05) is 18.4 Å². The third-order valence-electron chi connectivity index (χ3n) is 1.64. The van der Waals surface area contributed by atoms with E-state index in [1.807, 2.05) is 13.0 Å². The van der Waals surface area contributed by atoms with Gasteiger partial charge in [0.05, 0.1) is 0 Å². The molecule has 0 heterocycles. The highest BCUT2D eigenvalue weighted by Crippen LogP contribution is 2.21. The second-order valence-electron chi connectivity index (χ2n) is 2.68.